The van der Waals surface area contributed by atoms with Crippen molar-refractivity contribution in [1.82, 2.24) is 15.5 Å². The summed E-state index contributed by atoms with van der Waals surface area (Å²) in [5.41, 5.74) is 0. The van der Waals surface area contributed by atoms with Gasteiger partial charge in [-0.05, 0) is 25.8 Å². The fourth-order valence-corrected chi connectivity index (χ4v) is 1.44. The molecule has 0 aliphatic heterocycles. The lowest BCUT2D eigenvalue weighted by molar-refractivity contribution is 0.306. The van der Waals surface area contributed by atoms with Gasteiger partial charge in [0.05, 0.1) is 6.04 Å². The zero-order chi connectivity index (χ0) is 10.6. The van der Waals surface area contributed by atoms with Gasteiger partial charge in [0.25, 0.3) is 0 Å². The molecule has 0 bridgehead atoms. The molecule has 0 amide bonds. The Labute approximate surface area is 85.1 Å². The lowest BCUT2D eigenvalue weighted by Gasteiger charge is -2.15. The summed E-state index contributed by atoms with van der Waals surface area (Å²) in [5, 5.41) is 7.15. The number of hydrogen-bond acceptors (Lipinski definition) is 4. The van der Waals surface area contributed by atoms with Crippen molar-refractivity contribution in [2.75, 3.05) is 6.54 Å². The molecule has 14 heavy (non-hydrogen) atoms. The first-order chi connectivity index (χ1) is 6.63. The summed E-state index contributed by atoms with van der Waals surface area (Å²) < 4.78 is 5.16. The molecule has 0 fully saturated rings. The highest BCUT2D eigenvalue weighted by Gasteiger charge is 2.17. The monoisotopic (exact) mass is 197 g/mol. The van der Waals surface area contributed by atoms with E-state index in [1.807, 2.05) is 6.92 Å². The van der Waals surface area contributed by atoms with Gasteiger partial charge in [-0.3, -0.25) is 0 Å². The summed E-state index contributed by atoms with van der Waals surface area (Å²) in [5.74, 6) is 2.02. The first kappa shape index (κ1) is 11.2. The van der Waals surface area contributed by atoms with Crippen molar-refractivity contribution in [1.29, 1.82) is 0 Å². The zero-order valence-electron chi connectivity index (χ0n) is 9.37. The average molecular weight is 197 g/mol. The van der Waals surface area contributed by atoms with E-state index in [0.29, 0.717) is 17.6 Å². The van der Waals surface area contributed by atoms with Crippen molar-refractivity contribution < 1.29 is 4.52 Å². The van der Waals surface area contributed by atoms with E-state index < -0.39 is 0 Å². The molecule has 1 rings (SSSR count). The Morgan fingerprint density at radius 1 is 1.43 bits per heavy atom. The van der Waals surface area contributed by atoms with Crippen LogP contribution in [0.2, 0.25) is 0 Å². The van der Waals surface area contributed by atoms with Gasteiger partial charge in [-0.2, -0.15) is 4.98 Å². The Morgan fingerprint density at radius 3 is 2.57 bits per heavy atom. The minimum Gasteiger partial charge on any atom is -0.338 e. The van der Waals surface area contributed by atoms with Crippen LogP contribution in [0, 0.1) is 12.8 Å². The van der Waals surface area contributed by atoms with E-state index in [2.05, 4.69) is 36.2 Å². The predicted octanol–water partition coefficient (Wildman–Crippen LogP) is 2.07. The highest BCUT2D eigenvalue weighted by Crippen LogP contribution is 2.19. The quantitative estimate of drug-likeness (QED) is 0.785. The molecule has 4 nitrogen and oxygen atoms in total. The van der Waals surface area contributed by atoms with Crippen molar-refractivity contribution in [2.45, 2.75) is 40.2 Å². The Balaban J connectivity index is 2.66. The lowest BCUT2D eigenvalue weighted by Crippen LogP contribution is -2.22. The molecule has 0 radical (unpaired) electrons. The minimum atomic E-state index is 0.196. The van der Waals surface area contributed by atoms with Crippen molar-refractivity contribution in [3.63, 3.8) is 0 Å². The second-order valence-electron chi connectivity index (χ2n) is 3.92. The predicted molar refractivity (Wildman–Crippen MR) is 54.9 cm³/mol. The molecule has 0 unspecified atom stereocenters. The molecule has 1 aromatic rings. The van der Waals surface area contributed by atoms with Gasteiger partial charge >= 0.3 is 0 Å². The Morgan fingerprint density at radius 2 is 2.14 bits per heavy atom. The molecule has 0 aliphatic carbocycles. The van der Waals surface area contributed by atoms with E-state index in [1.165, 1.54) is 0 Å². The molecule has 4 heteroatoms. The van der Waals surface area contributed by atoms with Crippen LogP contribution >= 0.6 is 0 Å². The maximum absolute atomic E-state index is 5.16. The summed E-state index contributed by atoms with van der Waals surface area (Å²) in [7, 11) is 0. The van der Waals surface area contributed by atoms with Gasteiger partial charge in [-0.1, -0.05) is 25.9 Å². The van der Waals surface area contributed by atoms with Crippen LogP contribution in [-0.2, 0) is 0 Å². The third kappa shape index (κ3) is 3.10. The van der Waals surface area contributed by atoms with Crippen LogP contribution in [0.15, 0.2) is 4.52 Å². The second kappa shape index (κ2) is 5.10. The maximum atomic E-state index is 5.16. The summed E-state index contributed by atoms with van der Waals surface area (Å²) in [6.45, 7) is 9.21. The molecule has 0 saturated heterocycles. The molecular formula is C10H19N3O. The lowest BCUT2D eigenvalue weighted by atomic mass is 10.0. The fraction of sp³-hybridized carbons (Fsp3) is 0.800. The van der Waals surface area contributed by atoms with Crippen LogP contribution in [0.1, 0.15) is 44.9 Å². The average Bonchev–Trinajstić information content (AvgIpc) is 2.50. The molecule has 80 valence electrons. The first-order valence-corrected chi connectivity index (χ1v) is 5.17. The van der Waals surface area contributed by atoms with Gasteiger partial charge in [-0.25, -0.2) is 0 Å². The molecule has 0 spiro atoms. The van der Waals surface area contributed by atoms with Crippen molar-refractivity contribution >= 4 is 0 Å². The number of hydrogen-bond donors (Lipinski definition) is 1. The maximum Gasteiger partial charge on any atom is 0.243 e. The van der Waals surface area contributed by atoms with Crippen LogP contribution in [0.5, 0.6) is 0 Å². The summed E-state index contributed by atoms with van der Waals surface area (Å²) in [4.78, 5) is 4.24. The van der Waals surface area contributed by atoms with Gasteiger partial charge < -0.3 is 9.84 Å². The highest BCUT2D eigenvalue weighted by molar-refractivity contribution is 4.91. The third-order valence-corrected chi connectivity index (χ3v) is 2.00. The van der Waals surface area contributed by atoms with Gasteiger partial charge in [0.15, 0.2) is 5.82 Å². The SMILES string of the molecule is CCN[C@@H](CC(C)C)c1nc(C)no1. The van der Waals surface area contributed by atoms with E-state index in [-0.39, 0.29) is 6.04 Å². The molecule has 0 aromatic carbocycles. The molecule has 1 aromatic heterocycles. The standard InChI is InChI=1S/C10H19N3O/c1-5-11-9(6-7(2)3)10-12-8(4)13-14-10/h7,9,11H,5-6H2,1-4H3/t9-/m0/s1. The third-order valence-electron chi connectivity index (χ3n) is 2.00. The number of rotatable bonds is 5. The molecule has 1 N–H and O–H groups in total. The molecular weight excluding hydrogens is 178 g/mol. The van der Waals surface area contributed by atoms with E-state index >= 15 is 0 Å². The molecule has 1 atom stereocenters. The van der Waals surface area contributed by atoms with E-state index in [1.54, 1.807) is 0 Å². The zero-order valence-corrected chi connectivity index (χ0v) is 9.37. The van der Waals surface area contributed by atoms with Crippen molar-refractivity contribution in [3.05, 3.63) is 11.7 Å². The van der Waals surface area contributed by atoms with E-state index in [4.69, 9.17) is 4.52 Å². The van der Waals surface area contributed by atoms with Crippen LogP contribution < -0.4 is 5.32 Å². The summed E-state index contributed by atoms with van der Waals surface area (Å²) >= 11 is 0. The second-order valence-corrected chi connectivity index (χ2v) is 3.92. The largest absolute Gasteiger partial charge is 0.338 e. The number of nitrogens with one attached hydrogen (secondary N) is 1. The van der Waals surface area contributed by atoms with Gasteiger partial charge in [0.1, 0.15) is 0 Å². The molecule has 0 aliphatic rings. The Bertz CT molecular complexity index is 270. The van der Waals surface area contributed by atoms with Crippen LogP contribution in [0.3, 0.4) is 0 Å². The topological polar surface area (TPSA) is 51.0 Å². The summed E-state index contributed by atoms with van der Waals surface area (Å²) in [6, 6.07) is 0.196. The number of aryl methyl sites for hydroxylation is 1. The van der Waals surface area contributed by atoms with Crippen molar-refractivity contribution in [2.24, 2.45) is 5.92 Å². The minimum absolute atomic E-state index is 0.196. The van der Waals surface area contributed by atoms with Crippen LogP contribution in [0.4, 0.5) is 0 Å². The Hall–Kier alpha value is -0.900. The fourth-order valence-electron chi connectivity index (χ4n) is 1.44. The Kier molecular flexibility index (Phi) is 4.07. The van der Waals surface area contributed by atoms with E-state index in [0.717, 1.165) is 13.0 Å². The number of nitrogens with zero attached hydrogens (tertiary/aromatic N) is 2. The highest BCUT2D eigenvalue weighted by atomic mass is 16.5. The molecule has 0 saturated carbocycles. The molecule has 1 heterocycles. The van der Waals surface area contributed by atoms with Gasteiger partial charge in [-0.15, -0.1) is 0 Å². The summed E-state index contributed by atoms with van der Waals surface area (Å²) in [6.07, 6.45) is 1.02. The normalized spacial score (nSPS) is 13.5. The first-order valence-electron chi connectivity index (χ1n) is 5.17. The van der Waals surface area contributed by atoms with Gasteiger partial charge in [0.2, 0.25) is 5.89 Å². The van der Waals surface area contributed by atoms with E-state index in [9.17, 15) is 0 Å². The van der Waals surface area contributed by atoms with Crippen molar-refractivity contribution in [3.8, 4) is 0 Å². The van der Waals surface area contributed by atoms with Crippen LogP contribution in [0.25, 0.3) is 0 Å². The van der Waals surface area contributed by atoms with Crippen LogP contribution in [-0.4, -0.2) is 16.7 Å². The smallest absolute Gasteiger partial charge is 0.243 e. The number of aromatic nitrogens is 2. The van der Waals surface area contributed by atoms with Gasteiger partial charge in [0, 0.05) is 0 Å².